The van der Waals surface area contributed by atoms with Crippen LogP contribution in [-0.2, 0) is 16.1 Å². The smallest absolute Gasteiger partial charge is 0.339 e. The highest BCUT2D eigenvalue weighted by Gasteiger charge is 2.35. The van der Waals surface area contributed by atoms with Gasteiger partial charge in [-0.15, -0.1) is 11.6 Å². The molecule has 1 N–H and O–H groups in total. The van der Waals surface area contributed by atoms with Crippen LogP contribution < -0.4 is 4.74 Å². The molecule has 6 heteroatoms. The summed E-state index contributed by atoms with van der Waals surface area (Å²) in [4.78, 5) is 14.4. The molecule has 4 atom stereocenters. The van der Waals surface area contributed by atoms with E-state index in [4.69, 9.17) is 21.1 Å². The lowest BCUT2D eigenvalue weighted by Crippen LogP contribution is -2.38. The number of benzene rings is 3. The van der Waals surface area contributed by atoms with E-state index in [0.717, 1.165) is 38.1 Å². The lowest BCUT2D eigenvalue weighted by Gasteiger charge is -2.38. The molecule has 0 aromatic heterocycles. The highest BCUT2D eigenvalue weighted by atomic mass is 35.5. The number of alkyl halides is 1. The van der Waals surface area contributed by atoms with Gasteiger partial charge >= 0.3 is 5.97 Å². The molecule has 4 unspecified atom stereocenters. The quantitative estimate of drug-likeness (QED) is 0.186. The van der Waals surface area contributed by atoms with Crippen molar-refractivity contribution >= 4 is 17.6 Å². The molecule has 3 aromatic rings. The van der Waals surface area contributed by atoms with E-state index in [9.17, 15) is 9.90 Å². The molecule has 1 aliphatic rings. The second-order valence-electron chi connectivity index (χ2n) is 11.9. The molecule has 3 aromatic carbocycles. The van der Waals surface area contributed by atoms with Gasteiger partial charge in [-0.3, -0.25) is 4.90 Å². The molecule has 0 amide bonds. The van der Waals surface area contributed by atoms with Crippen LogP contribution in [0.5, 0.6) is 5.75 Å². The topological polar surface area (TPSA) is 59.0 Å². The Labute approximate surface area is 251 Å². The van der Waals surface area contributed by atoms with Gasteiger partial charge in [-0.25, -0.2) is 4.79 Å². The van der Waals surface area contributed by atoms with Crippen LogP contribution in [0.1, 0.15) is 64.2 Å². The second-order valence-corrected chi connectivity index (χ2v) is 12.3. The number of nitrogens with zero attached hydrogens (tertiary/aromatic N) is 1. The molecule has 41 heavy (non-hydrogen) atoms. The summed E-state index contributed by atoms with van der Waals surface area (Å²) in [5.41, 5.74) is 2.08. The monoisotopic (exact) mass is 579 g/mol. The van der Waals surface area contributed by atoms with Crippen LogP contribution in [0, 0.1) is 11.3 Å². The van der Waals surface area contributed by atoms with Gasteiger partial charge in [0.25, 0.3) is 0 Å². The molecular weight excluding hydrogens is 534 g/mol. The zero-order valence-corrected chi connectivity index (χ0v) is 25.7. The van der Waals surface area contributed by atoms with Crippen molar-refractivity contribution in [2.45, 2.75) is 71.8 Å². The van der Waals surface area contributed by atoms with E-state index in [2.05, 4.69) is 56.9 Å². The van der Waals surface area contributed by atoms with Gasteiger partial charge in [0.1, 0.15) is 18.5 Å². The van der Waals surface area contributed by atoms with E-state index in [-0.39, 0.29) is 11.5 Å². The van der Waals surface area contributed by atoms with Crippen LogP contribution in [0.25, 0.3) is 0 Å². The molecule has 4 rings (SSSR count). The third kappa shape index (κ3) is 11.5. The largest absolute Gasteiger partial charge is 0.492 e. The first-order valence-corrected chi connectivity index (χ1v) is 15.2. The second kappa shape index (κ2) is 16.5. The van der Waals surface area contributed by atoms with Crippen molar-refractivity contribution in [3.63, 3.8) is 0 Å². The fourth-order valence-electron chi connectivity index (χ4n) is 5.57. The van der Waals surface area contributed by atoms with Crippen molar-refractivity contribution < 1.29 is 19.4 Å². The van der Waals surface area contributed by atoms with E-state index in [1.54, 1.807) is 24.3 Å². The van der Waals surface area contributed by atoms with E-state index in [1.165, 1.54) is 5.56 Å². The zero-order valence-electron chi connectivity index (χ0n) is 24.9. The minimum atomic E-state index is -1.18. The van der Waals surface area contributed by atoms with Gasteiger partial charge in [-0.1, -0.05) is 99.6 Å². The standard InChI is InChI=1S/C18H22ClNO.C17H24O3/c1-16(15-21-18-10-6-3-7-11-18)20(13-12-19)14-17-8-4-2-5-9-17;1-12-9-14(11-17(2,3)10-12)20-16(19)15(18)13-7-5-4-6-8-13/h2-11,16H,12-15H2,1H3;4-8,12,14-15,18H,9-11H2,1-3H3. The summed E-state index contributed by atoms with van der Waals surface area (Å²) < 4.78 is 11.4. The Morgan fingerprint density at radius 3 is 2.15 bits per heavy atom. The van der Waals surface area contributed by atoms with Crippen molar-refractivity contribution in [3.8, 4) is 5.75 Å². The lowest BCUT2D eigenvalue weighted by atomic mass is 9.71. The Balaban J connectivity index is 0.000000226. The molecule has 0 saturated heterocycles. The summed E-state index contributed by atoms with van der Waals surface area (Å²) >= 11 is 5.94. The third-order valence-electron chi connectivity index (χ3n) is 7.43. The maximum absolute atomic E-state index is 12.1. The van der Waals surface area contributed by atoms with E-state index >= 15 is 0 Å². The summed E-state index contributed by atoms with van der Waals surface area (Å²) in [5, 5.41) is 10.0. The van der Waals surface area contributed by atoms with Crippen LogP contribution in [0.2, 0.25) is 0 Å². The van der Waals surface area contributed by atoms with Gasteiger partial charge in [-0.05, 0) is 60.8 Å². The number of aliphatic hydroxyl groups excluding tert-OH is 1. The van der Waals surface area contributed by atoms with Gasteiger partial charge in [0.2, 0.25) is 0 Å². The fourth-order valence-corrected chi connectivity index (χ4v) is 5.79. The number of halogens is 1. The number of hydrogen-bond acceptors (Lipinski definition) is 5. The van der Waals surface area contributed by atoms with Crippen LogP contribution >= 0.6 is 11.6 Å². The molecule has 0 bridgehead atoms. The molecule has 0 spiro atoms. The van der Waals surface area contributed by atoms with E-state index in [1.807, 2.05) is 42.5 Å². The molecule has 0 heterocycles. The first kappa shape index (κ1) is 32.7. The normalized spacial score (nSPS) is 19.4. The molecule has 0 aliphatic heterocycles. The minimum Gasteiger partial charge on any atom is -0.492 e. The van der Waals surface area contributed by atoms with Crippen molar-refractivity contribution in [3.05, 3.63) is 102 Å². The Morgan fingerprint density at radius 1 is 0.976 bits per heavy atom. The van der Waals surface area contributed by atoms with Crippen molar-refractivity contribution in [1.29, 1.82) is 0 Å². The van der Waals surface area contributed by atoms with Gasteiger partial charge in [0, 0.05) is 25.0 Å². The molecule has 1 fully saturated rings. The zero-order chi connectivity index (χ0) is 29.7. The van der Waals surface area contributed by atoms with Gasteiger partial charge in [0.05, 0.1) is 0 Å². The fraction of sp³-hybridized carbons (Fsp3) is 0.457. The number of carbonyl (C=O) groups excluding carboxylic acids is 1. The molecule has 1 aliphatic carbocycles. The SMILES string of the molecule is CC(COc1ccccc1)N(CCCl)Cc1ccccc1.CC1CC(OC(=O)C(O)c2ccccc2)CC(C)(C)C1. The number of rotatable bonds is 11. The number of aliphatic hydroxyl groups is 1. The summed E-state index contributed by atoms with van der Waals surface area (Å²) in [5.74, 6) is 1.55. The molecule has 222 valence electrons. The van der Waals surface area contributed by atoms with Crippen LogP contribution in [-0.4, -0.2) is 47.2 Å². The van der Waals surface area contributed by atoms with Crippen molar-refractivity contribution in [2.24, 2.45) is 11.3 Å². The Morgan fingerprint density at radius 2 is 1.56 bits per heavy atom. The number of esters is 1. The molecular formula is C35H46ClNO4. The predicted octanol–water partition coefficient (Wildman–Crippen LogP) is 7.67. The molecule has 0 radical (unpaired) electrons. The summed E-state index contributed by atoms with van der Waals surface area (Å²) in [6.45, 7) is 11.2. The van der Waals surface area contributed by atoms with Crippen molar-refractivity contribution in [1.82, 2.24) is 4.90 Å². The van der Waals surface area contributed by atoms with Gasteiger partial charge in [-0.2, -0.15) is 0 Å². The first-order chi connectivity index (χ1) is 19.7. The third-order valence-corrected chi connectivity index (χ3v) is 7.59. The van der Waals surface area contributed by atoms with Crippen LogP contribution in [0.4, 0.5) is 0 Å². The van der Waals surface area contributed by atoms with Gasteiger partial charge in [0.15, 0.2) is 6.10 Å². The summed E-state index contributed by atoms with van der Waals surface area (Å²) in [7, 11) is 0. The highest BCUT2D eigenvalue weighted by Crippen LogP contribution is 2.40. The van der Waals surface area contributed by atoms with E-state index < -0.39 is 12.1 Å². The maximum Gasteiger partial charge on any atom is 0.339 e. The Hall–Kier alpha value is -2.86. The lowest BCUT2D eigenvalue weighted by molar-refractivity contribution is -0.163. The average Bonchev–Trinajstić information content (AvgIpc) is 2.96. The first-order valence-electron chi connectivity index (χ1n) is 14.6. The predicted molar refractivity (Wildman–Crippen MR) is 167 cm³/mol. The summed E-state index contributed by atoms with van der Waals surface area (Å²) in [6.07, 6.45) is 1.64. The number of ether oxygens (including phenoxy) is 2. The highest BCUT2D eigenvalue weighted by molar-refractivity contribution is 6.18. The Kier molecular flexibility index (Phi) is 13.2. The Bertz CT molecular complexity index is 1140. The van der Waals surface area contributed by atoms with E-state index in [0.29, 0.717) is 30.0 Å². The number of hydrogen-bond donors (Lipinski definition) is 1. The summed E-state index contributed by atoms with van der Waals surface area (Å²) in [6, 6.07) is 29.6. The molecule has 1 saturated carbocycles. The van der Waals surface area contributed by atoms with Crippen LogP contribution in [0.3, 0.4) is 0 Å². The molecule has 5 nitrogen and oxygen atoms in total. The number of para-hydroxylation sites is 1. The minimum absolute atomic E-state index is 0.0837. The van der Waals surface area contributed by atoms with Gasteiger partial charge < -0.3 is 14.6 Å². The average molecular weight is 580 g/mol. The van der Waals surface area contributed by atoms with Crippen LogP contribution in [0.15, 0.2) is 91.0 Å². The number of carbonyl (C=O) groups is 1. The van der Waals surface area contributed by atoms with Crippen molar-refractivity contribution in [2.75, 3.05) is 19.0 Å². The maximum atomic E-state index is 12.1.